The highest BCUT2D eigenvalue weighted by molar-refractivity contribution is 5.41. The predicted octanol–water partition coefficient (Wildman–Crippen LogP) is 2.42. The van der Waals surface area contributed by atoms with Gasteiger partial charge in [0.05, 0.1) is 12.3 Å². The van der Waals surface area contributed by atoms with Gasteiger partial charge in [0.15, 0.2) is 0 Å². The Bertz CT molecular complexity index is 407. The molecule has 1 aromatic heterocycles. The average Bonchev–Trinajstić information content (AvgIpc) is 2.39. The summed E-state index contributed by atoms with van der Waals surface area (Å²) in [7, 11) is 1.79. The summed E-state index contributed by atoms with van der Waals surface area (Å²) in [5.74, 6) is 0.573. The number of hydrogen-bond donors (Lipinski definition) is 0. The molecule has 0 spiro atoms. The Kier molecular flexibility index (Phi) is 3.58. The second kappa shape index (κ2) is 4.56. The lowest BCUT2D eigenvalue weighted by Crippen LogP contribution is -2.12. The summed E-state index contributed by atoms with van der Waals surface area (Å²) in [6.07, 6.45) is 0.947. The summed E-state index contributed by atoms with van der Waals surface area (Å²) in [6.45, 7) is 8.91. The maximum Gasteiger partial charge on any atom is 0.230 e. The molecule has 88 valence electrons. The van der Waals surface area contributed by atoms with E-state index >= 15 is 0 Å². The van der Waals surface area contributed by atoms with Gasteiger partial charge in [0.2, 0.25) is 5.88 Å². The van der Waals surface area contributed by atoms with E-state index in [1.54, 1.807) is 11.7 Å². The summed E-state index contributed by atoms with van der Waals surface area (Å²) >= 11 is 0. The van der Waals surface area contributed by atoms with E-state index in [-0.39, 0.29) is 5.41 Å². The molecule has 0 aliphatic heterocycles. The first kappa shape index (κ1) is 12.6. The zero-order valence-electron chi connectivity index (χ0n) is 10.7. The number of aromatic nitrogens is 2. The highest BCUT2D eigenvalue weighted by atomic mass is 16.5. The molecular formula is C12H19N3O. The molecular weight excluding hydrogens is 202 g/mol. The maximum absolute atomic E-state index is 8.99. The molecule has 0 aliphatic rings. The van der Waals surface area contributed by atoms with Crippen LogP contribution < -0.4 is 4.74 Å². The molecule has 0 atom stereocenters. The van der Waals surface area contributed by atoms with Crippen molar-refractivity contribution in [3.05, 3.63) is 11.3 Å². The SMILES string of the molecule is Cc1nn(C)c(OCCC(C)(C)C)c1C#N. The standard InChI is InChI=1S/C12H19N3O/c1-9-10(8-13)11(15(5)14-9)16-7-6-12(2,3)4/h6-7H2,1-5H3. The molecule has 16 heavy (non-hydrogen) atoms. The molecule has 0 aromatic carbocycles. The Morgan fingerprint density at radius 1 is 1.44 bits per heavy atom. The smallest absolute Gasteiger partial charge is 0.230 e. The van der Waals surface area contributed by atoms with E-state index in [1.807, 2.05) is 6.92 Å². The van der Waals surface area contributed by atoms with Crippen LogP contribution in [-0.2, 0) is 7.05 Å². The molecule has 1 rings (SSSR count). The first-order chi connectivity index (χ1) is 7.35. The second-order valence-electron chi connectivity index (χ2n) is 5.16. The Morgan fingerprint density at radius 3 is 2.56 bits per heavy atom. The molecule has 4 nitrogen and oxygen atoms in total. The summed E-state index contributed by atoms with van der Waals surface area (Å²) < 4.78 is 7.26. The summed E-state index contributed by atoms with van der Waals surface area (Å²) in [5.41, 5.74) is 1.49. The fraction of sp³-hybridized carbons (Fsp3) is 0.667. The van der Waals surface area contributed by atoms with Crippen LogP contribution >= 0.6 is 0 Å². The third-order valence-corrected chi connectivity index (χ3v) is 2.37. The summed E-state index contributed by atoms with van der Waals surface area (Å²) in [5, 5.41) is 13.2. The first-order valence-corrected chi connectivity index (χ1v) is 5.41. The Labute approximate surface area is 96.8 Å². The third-order valence-electron chi connectivity index (χ3n) is 2.37. The molecule has 1 heterocycles. The molecule has 0 bridgehead atoms. The van der Waals surface area contributed by atoms with E-state index < -0.39 is 0 Å². The lowest BCUT2D eigenvalue weighted by molar-refractivity contribution is 0.228. The van der Waals surface area contributed by atoms with Gasteiger partial charge in [-0.3, -0.25) is 0 Å². The summed E-state index contributed by atoms with van der Waals surface area (Å²) in [4.78, 5) is 0. The third kappa shape index (κ3) is 2.99. The van der Waals surface area contributed by atoms with Crippen molar-refractivity contribution in [1.82, 2.24) is 9.78 Å². The van der Waals surface area contributed by atoms with E-state index in [4.69, 9.17) is 10.00 Å². The minimum Gasteiger partial charge on any atom is -0.477 e. The van der Waals surface area contributed by atoms with Gasteiger partial charge in [-0.25, -0.2) is 4.68 Å². The number of ether oxygens (including phenoxy) is 1. The van der Waals surface area contributed by atoms with Crippen molar-refractivity contribution in [2.75, 3.05) is 6.61 Å². The van der Waals surface area contributed by atoms with Crippen molar-refractivity contribution in [3.8, 4) is 11.9 Å². The van der Waals surface area contributed by atoms with Crippen LogP contribution in [0.1, 0.15) is 38.4 Å². The van der Waals surface area contributed by atoms with E-state index in [9.17, 15) is 0 Å². The minimum atomic E-state index is 0.237. The van der Waals surface area contributed by atoms with Crippen LogP contribution in [0.4, 0.5) is 0 Å². The largest absolute Gasteiger partial charge is 0.477 e. The van der Waals surface area contributed by atoms with Crippen LogP contribution in [0.3, 0.4) is 0 Å². The number of nitriles is 1. The van der Waals surface area contributed by atoms with Crippen LogP contribution in [-0.4, -0.2) is 16.4 Å². The highest BCUT2D eigenvalue weighted by Crippen LogP contribution is 2.23. The fourth-order valence-electron chi connectivity index (χ4n) is 1.39. The fourth-order valence-corrected chi connectivity index (χ4v) is 1.39. The van der Waals surface area contributed by atoms with Crippen LogP contribution in [0.15, 0.2) is 0 Å². The van der Waals surface area contributed by atoms with Crippen LogP contribution in [0.2, 0.25) is 0 Å². The number of nitrogens with zero attached hydrogens (tertiary/aromatic N) is 3. The Morgan fingerprint density at radius 2 is 2.06 bits per heavy atom. The predicted molar refractivity (Wildman–Crippen MR) is 62.2 cm³/mol. The van der Waals surface area contributed by atoms with Gasteiger partial charge in [-0.05, 0) is 18.8 Å². The van der Waals surface area contributed by atoms with Gasteiger partial charge in [-0.15, -0.1) is 0 Å². The normalized spacial score (nSPS) is 11.2. The number of rotatable bonds is 3. The quantitative estimate of drug-likeness (QED) is 0.787. The second-order valence-corrected chi connectivity index (χ2v) is 5.16. The molecule has 4 heteroatoms. The van der Waals surface area contributed by atoms with Gasteiger partial charge in [0, 0.05) is 7.05 Å². The molecule has 0 radical (unpaired) electrons. The van der Waals surface area contributed by atoms with Crippen LogP contribution in [0.5, 0.6) is 5.88 Å². The molecule has 0 unspecified atom stereocenters. The van der Waals surface area contributed by atoms with Crippen molar-refractivity contribution in [3.63, 3.8) is 0 Å². The number of hydrogen-bond acceptors (Lipinski definition) is 3. The number of aryl methyl sites for hydroxylation is 2. The van der Waals surface area contributed by atoms with Crippen molar-refractivity contribution >= 4 is 0 Å². The molecule has 0 N–H and O–H groups in total. The molecule has 0 aliphatic carbocycles. The molecule has 1 aromatic rings. The average molecular weight is 221 g/mol. The van der Waals surface area contributed by atoms with E-state index in [1.165, 1.54) is 0 Å². The molecule has 0 saturated carbocycles. The highest BCUT2D eigenvalue weighted by Gasteiger charge is 2.16. The first-order valence-electron chi connectivity index (χ1n) is 5.41. The maximum atomic E-state index is 8.99. The molecule has 0 amide bonds. The minimum absolute atomic E-state index is 0.237. The van der Waals surface area contributed by atoms with E-state index in [0.717, 1.165) is 12.1 Å². The summed E-state index contributed by atoms with van der Waals surface area (Å²) in [6, 6.07) is 2.12. The van der Waals surface area contributed by atoms with Gasteiger partial charge in [-0.1, -0.05) is 20.8 Å². The zero-order valence-corrected chi connectivity index (χ0v) is 10.7. The van der Waals surface area contributed by atoms with Gasteiger partial charge in [-0.2, -0.15) is 10.4 Å². The van der Waals surface area contributed by atoms with Gasteiger partial charge in [0.25, 0.3) is 0 Å². The van der Waals surface area contributed by atoms with Crippen LogP contribution in [0.25, 0.3) is 0 Å². The van der Waals surface area contributed by atoms with E-state index in [2.05, 4.69) is 31.9 Å². The van der Waals surface area contributed by atoms with Crippen molar-refractivity contribution in [1.29, 1.82) is 5.26 Å². The van der Waals surface area contributed by atoms with Gasteiger partial charge < -0.3 is 4.74 Å². The Balaban J connectivity index is 2.71. The molecule has 0 saturated heterocycles. The Hall–Kier alpha value is -1.50. The molecule has 0 fully saturated rings. The van der Waals surface area contributed by atoms with Crippen molar-refractivity contribution in [2.24, 2.45) is 12.5 Å². The lowest BCUT2D eigenvalue weighted by atomic mass is 9.93. The van der Waals surface area contributed by atoms with Gasteiger partial charge in [0.1, 0.15) is 11.6 Å². The van der Waals surface area contributed by atoms with Crippen LogP contribution in [0, 0.1) is 23.7 Å². The van der Waals surface area contributed by atoms with Crippen molar-refractivity contribution < 1.29 is 4.74 Å². The van der Waals surface area contributed by atoms with Gasteiger partial charge >= 0.3 is 0 Å². The topological polar surface area (TPSA) is 50.8 Å². The zero-order chi connectivity index (χ0) is 12.3. The van der Waals surface area contributed by atoms with Crippen molar-refractivity contribution in [2.45, 2.75) is 34.1 Å². The lowest BCUT2D eigenvalue weighted by Gasteiger charge is -2.18. The van der Waals surface area contributed by atoms with E-state index in [0.29, 0.717) is 18.1 Å². The monoisotopic (exact) mass is 221 g/mol.